The quantitative estimate of drug-likeness (QED) is 0.714. The zero-order valence-corrected chi connectivity index (χ0v) is 13.6. The highest BCUT2D eigenvalue weighted by molar-refractivity contribution is 7.98. The molecule has 0 aliphatic heterocycles. The number of benzene rings is 2. The summed E-state index contributed by atoms with van der Waals surface area (Å²) in [7, 11) is 0. The standard InChI is InChI=1S/C17H14FN3O2S/c1-24-14-8-4-12(5-9-14)16(22)19-17-21-20-15(23-17)10-11-2-6-13(18)7-3-11/h2-9H,10H2,1H3,(H,19,21,22). The molecular formula is C17H14FN3O2S. The number of rotatable bonds is 5. The van der Waals surface area contributed by atoms with Crippen LogP contribution in [0.1, 0.15) is 21.8 Å². The Kier molecular flexibility index (Phi) is 4.90. The van der Waals surface area contributed by atoms with Gasteiger partial charge >= 0.3 is 6.01 Å². The Hall–Kier alpha value is -2.67. The molecule has 0 aliphatic rings. The van der Waals surface area contributed by atoms with E-state index in [0.717, 1.165) is 10.5 Å². The first-order valence-electron chi connectivity index (χ1n) is 7.16. The van der Waals surface area contributed by atoms with Crippen LogP contribution >= 0.6 is 11.8 Å². The fourth-order valence-electron chi connectivity index (χ4n) is 2.06. The van der Waals surface area contributed by atoms with Gasteiger partial charge in [-0.05, 0) is 48.2 Å². The summed E-state index contributed by atoms with van der Waals surface area (Å²) in [5.41, 5.74) is 1.34. The van der Waals surface area contributed by atoms with E-state index in [9.17, 15) is 9.18 Å². The molecule has 5 nitrogen and oxygen atoms in total. The highest BCUT2D eigenvalue weighted by Gasteiger charge is 2.12. The maximum absolute atomic E-state index is 12.9. The second-order valence-corrected chi connectivity index (χ2v) is 5.87. The molecule has 2 aromatic carbocycles. The number of halogens is 1. The van der Waals surface area contributed by atoms with Crippen LogP contribution in [0, 0.1) is 5.82 Å². The second kappa shape index (κ2) is 7.27. The third kappa shape index (κ3) is 3.99. The van der Waals surface area contributed by atoms with Gasteiger partial charge in [-0.15, -0.1) is 16.9 Å². The Morgan fingerprint density at radius 1 is 1.12 bits per heavy atom. The molecule has 1 amide bonds. The molecule has 0 radical (unpaired) electrons. The largest absolute Gasteiger partial charge is 0.407 e. The molecule has 0 aliphatic carbocycles. The summed E-state index contributed by atoms with van der Waals surface area (Å²) in [6.07, 6.45) is 2.34. The molecule has 1 N–H and O–H groups in total. The van der Waals surface area contributed by atoms with Crippen molar-refractivity contribution < 1.29 is 13.6 Å². The first kappa shape index (κ1) is 16.2. The maximum Gasteiger partial charge on any atom is 0.322 e. The van der Waals surface area contributed by atoms with Crippen molar-refractivity contribution in [2.24, 2.45) is 0 Å². The molecule has 3 rings (SSSR count). The monoisotopic (exact) mass is 343 g/mol. The zero-order valence-electron chi connectivity index (χ0n) is 12.8. The van der Waals surface area contributed by atoms with Crippen molar-refractivity contribution in [3.63, 3.8) is 0 Å². The highest BCUT2D eigenvalue weighted by atomic mass is 32.2. The SMILES string of the molecule is CSc1ccc(C(=O)Nc2nnc(Cc3ccc(F)cc3)o2)cc1. The number of nitrogens with one attached hydrogen (secondary N) is 1. The minimum atomic E-state index is -0.320. The van der Waals surface area contributed by atoms with E-state index < -0.39 is 0 Å². The van der Waals surface area contributed by atoms with Gasteiger partial charge in [0, 0.05) is 10.5 Å². The first-order chi connectivity index (χ1) is 11.6. The van der Waals surface area contributed by atoms with E-state index in [1.54, 1.807) is 36.0 Å². The summed E-state index contributed by atoms with van der Waals surface area (Å²) in [5.74, 6) is -0.279. The lowest BCUT2D eigenvalue weighted by Gasteiger charge is -2.01. The lowest BCUT2D eigenvalue weighted by Crippen LogP contribution is -2.11. The third-order valence-corrected chi connectivity index (χ3v) is 4.05. The predicted molar refractivity (Wildman–Crippen MR) is 89.7 cm³/mol. The van der Waals surface area contributed by atoms with Crippen molar-refractivity contribution in [2.45, 2.75) is 11.3 Å². The van der Waals surface area contributed by atoms with Gasteiger partial charge in [0.2, 0.25) is 5.89 Å². The Labute approximate surface area is 142 Å². The smallest absolute Gasteiger partial charge is 0.322 e. The van der Waals surface area contributed by atoms with E-state index in [1.807, 2.05) is 18.4 Å². The average Bonchev–Trinajstić information content (AvgIpc) is 3.04. The fourth-order valence-corrected chi connectivity index (χ4v) is 2.47. The lowest BCUT2D eigenvalue weighted by atomic mass is 10.1. The molecule has 1 heterocycles. The van der Waals surface area contributed by atoms with Crippen LogP contribution < -0.4 is 5.32 Å². The van der Waals surface area contributed by atoms with Crippen LogP contribution in [-0.2, 0) is 6.42 Å². The van der Waals surface area contributed by atoms with E-state index in [2.05, 4.69) is 15.5 Å². The summed E-state index contributed by atoms with van der Waals surface area (Å²) in [6.45, 7) is 0. The second-order valence-electron chi connectivity index (χ2n) is 4.99. The van der Waals surface area contributed by atoms with E-state index in [-0.39, 0.29) is 17.7 Å². The van der Waals surface area contributed by atoms with Gasteiger partial charge < -0.3 is 4.42 Å². The number of anilines is 1. The average molecular weight is 343 g/mol. The number of hydrogen-bond acceptors (Lipinski definition) is 5. The van der Waals surface area contributed by atoms with E-state index in [4.69, 9.17) is 4.42 Å². The maximum atomic E-state index is 12.9. The highest BCUT2D eigenvalue weighted by Crippen LogP contribution is 2.16. The number of nitrogens with zero attached hydrogens (tertiary/aromatic N) is 2. The van der Waals surface area contributed by atoms with Gasteiger partial charge in [0.1, 0.15) is 5.82 Å². The lowest BCUT2D eigenvalue weighted by molar-refractivity contribution is 0.102. The number of thioether (sulfide) groups is 1. The van der Waals surface area contributed by atoms with Crippen LogP contribution in [0.2, 0.25) is 0 Å². The molecule has 122 valence electrons. The van der Waals surface area contributed by atoms with Crippen LogP contribution in [0.5, 0.6) is 0 Å². The van der Waals surface area contributed by atoms with Gasteiger partial charge in [0.05, 0.1) is 6.42 Å². The van der Waals surface area contributed by atoms with Crippen LogP contribution in [0.4, 0.5) is 10.4 Å². The molecule has 0 saturated carbocycles. The Balaban J connectivity index is 1.64. The number of aromatic nitrogens is 2. The van der Waals surface area contributed by atoms with Crippen molar-refractivity contribution in [2.75, 3.05) is 11.6 Å². The number of carbonyl (C=O) groups is 1. The van der Waals surface area contributed by atoms with Crippen molar-refractivity contribution in [3.8, 4) is 0 Å². The van der Waals surface area contributed by atoms with Gasteiger partial charge in [-0.3, -0.25) is 10.1 Å². The Morgan fingerprint density at radius 3 is 2.50 bits per heavy atom. The third-order valence-electron chi connectivity index (χ3n) is 3.31. The van der Waals surface area contributed by atoms with Crippen LogP contribution in [0.25, 0.3) is 0 Å². The normalized spacial score (nSPS) is 10.6. The molecule has 0 spiro atoms. The summed E-state index contributed by atoms with van der Waals surface area (Å²) in [4.78, 5) is 13.2. The first-order valence-corrected chi connectivity index (χ1v) is 8.39. The number of amides is 1. The Bertz CT molecular complexity index is 832. The molecule has 1 aromatic heterocycles. The molecule has 0 unspecified atom stereocenters. The topological polar surface area (TPSA) is 68.0 Å². The molecule has 0 bridgehead atoms. The van der Waals surface area contributed by atoms with Gasteiger partial charge in [-0.25, -0.2) is 4.39 Å². The van der Waals surface area contributed by atoms with Crippen molar-refractivity contribution >= 4 is 23.7 Å². The summed E-state index contributed by atoms with van der Waals surface area (Å²) in [5, 5.41) is 10.2. The summed E-state index contributed by atoms with van der Waals surface area (Å²) >= 11 is 1.60. The molecule has 0 fully saturated rings. The minimum absolute atomic E-state index is 0.0334. The predicted octanol–water partition coefficient (Wildman–Crippen LogP) is 3.77. The van der Waals surface area contributed by atoms with Crippen LogP contribution in [0.15, 0.2) is 57.8 Å². The number of carbonyl (C=O) groups excluding carboxylic acids is 1. The molecule has 3 aromatic rings. The van der Waals surface area contributed by atoms with Crippen molar-refractivity contribution in [3.05, 3.63) is 71.4 Å². The molecule has 24 heavy (non-hydrogen) atoms. The van der Waals surface area contributed by atoms with E-state index in [0.29, 0.717) is 17.9 Å². The molecule has 7 heteroatoms. The van der Waals surface area contributed by atoms with Gasteiger partial charge in [0.25, 0.3) is 5.91 Å². The van der Waals surface area contributed by atoms with E-state index >= 15 is 0 Å². The Morgan fingerprint density at radius 2 is 1.83 bits per heavy atom. The zero-order chi connectivity index (χ0) is 16.9. The number of hydrogen-bond donors (Lipinski definition) is 1. The van der Waals surface area contributed by atoms with Gasteiger partial charge in [-0.1, -0.05) is 17.2 Å². The minimum Gasteiger partial charge on any atom is -0.407 e. The summed E-state index contributed by atoms with van der Waals surface area (Å²) in [6, 6.07) is 13.3. The van der Waals surface area contributed by atoms with Gasteiger partial charge in [-0.2, -0.15) is 0 Å². The van der Waals surface area contributed by atoms with E-state index in [1.165, 1.54) is 12.1 Å². The molecular weight excluding hydrogens is 329 g/mol. The fraction of sp³-hybridized carbons (Fsp3) is 0.118. The van der Waals surface area contributed by atoms with Crippen LogP contribution in [0.3, 0.4) is 0 Å². The van der Waals surface area contributed by atoms with Gasteiger partial charge in [0.15, 0.2) is 0 Å². The van der Waals surface area contributed by atoms with Crippen LogP contribution in [-0.4, -0.2) is 22.4 Å². The molecule has 0 atom stereocenters. The summed E-state index contributed by atoms with van der Waals surface area (Å²) < 4.78 is 18.3. The molecule has 0 saturated heterocycles. The van der Waals surface area contributed by atoms with Crippen molar-refractivity contribution in [1.29, 1.82) is 0 Å². The van der Waals surface area contributed by atoms with Crippen molar-refractivity contribution in [1.82, 2.24) is 10.2 Å².